The Morgan fingerprint density at radius 3 is 2.43 bits per heavy atom. The maximum Gasteiger partial charge on any atom is 0.0358 e. The highest BCUT2D eigenvalue weighted by Gasteiger charge is 2.10. The zero-order valence-electron chi connectivity index (χ0n) is 12.9. The fraction of sp³-hybridized carbons (Fsp3) is 0.368. The summed E-state index contributed by atoms with van der Waals surface area (Å²) < 4.78 is 1.14. The first-order valence-electron chi connectivity index (χ1n) is 7.73. The van der Waals surface area contributed by atoms with Crippen LogP contribution in [-0.2, 0) is 12.8 Å². The molecular weight excluding hydrogens is 322 g/mol. The van der Waals surface area contributed by atoms with E-state index < -0.39 is 0 Å². The molecule has 0 aromatic heterocycles. The van der Waals surface area contributed by atoms with Gasteiger partial charge in [-0.25, -0.2) is 0 Å². The van der Waals surface area contributed by atoms with Gasteiger partial charge >= 0.3 is 0 Å². The number of rotatable bonds is 7. The van der Waals surface area contributed by atoms with E-state index in [0.717, 1.165) is 10.9 Å². The van der Waals surface area contributed by atoms with Gasteiger partial charge in [-0.2, -0.15) is 0 Å². The van der Waals surface area contributed by atoms with Crippen LogP contribution in [0.1, 0.15) is 42.5 Å². The minimum absolute atomic E-state index is 0.361. The van der Waals surface area contributed by atoms with Gasteiger partial charge in [-0.1, -0.05) is 65.7 Å². The maximum atomic E-state index is 3.54. The molecule has 2 aromatic rings. The smallest absolute Gasteiger partial charge is 0.0358 e. The van der Waals surface area contributed by atoms with E-state index in [9.17, 15) is 0 Å². The standard InChI is InChI=1S/C19H24BrN/c1-3-4-6-15-9-11-17(12-10-15)19(21-2)14-16-7-5-8-18(20)13-16/h5,7-13,19,21H,3-4,6,14H2,1-2H3. The Bertz CT molecular complexity index is 548. The number of hydrogen-bond acceptors (Lipinski definition) is 1. The predicted molar refractivity (Wildman–Crippen MR) is 94.7 cm³/mol. The van der Waals surface area contributed by atoms with Crippen LogP contribution < -0.4 is 5.32 Å². The molecule has 1 N–H and O–H groups in total. The molecule has 1 nitrogen and oxygen atoms in total. The van der Waals surface area contributed by atoms with Crippen molar-refractivity contribution in [3.63, 3.8) is 0 Å². The van der Waals surface area contributed by atoms with Gasteiger partial charge in [0.15, 0.2) is 0 Å². The number of nitrogens with one attached hydrogen (secondary N) is 1. The first-order chi connectivity index (χ1) is 10.2. The van der Waals surface area contributed by atoms with Gasteiger partial charge in [0.05, 0.1) is 0 Å². The van der Waals surface area contributed by atoms with Crippen LogP contribution in [0.5, 0.6) is 0 Å². The largest absolute Gasteiger partial charge is 0.313 e. The van der Waals surface area contributed by atoms with Crippen LogP contribution in [0.15, 0.2) is 53.0 Å². The first kappa shape index (κ1) is 16.3. The van der Waals surface area contributed by atoms with Crippen LogP contribution in [0.3, 0.4) is 0 Å². The van der Waals surface area contributed by atoms with Gasteiger partial charge in [0.2, 0.25) is 0 Å². The van der Waals surface area contributed by atoms with Crippen molar-refractivity contribution in [2.45, 2.75) is 38.6 Å². The van der Waals surface area contributed by atoms with E-state index in [1.807, 2.05) is 7.05 Å². The van der Waals surface area contributed by atoms with Crippen molar-refractivity contribution < 1.29 is 0 Å². The molecule has 1 atom stereocenters. The average molecular weight is 346 g/mol. The van der Waals surface area contributed by atoms with E-state index >= 15 is 0 Å². The molecule has 0 aliphatic rings. The summed E-state index contributed by atoms with van der Waals surface area (Å²) in [4.78, 5) is 0. The third-order valence-corrected chi connectivity index (χ3v) is 4.37. The summed E-state index contributed by atoms with van der Waals surface area (Å²) in [5, 5.41) is 3.43. The third kappa shape index (κ3) is 4.98. The maximum absolute atomic E-state index is 3.54. The van der Waals surface area contributed by atoms with E-state index in [2.05, 4.69) is 76.7 Å². The Hall–Kier alpha value is -1.12. The van der Waals surface area contributed by atoms with Crippen molar-refractivity contribution in [1.82, 2.24) is 5.32 Å². The van der Waals surface area contributed by atoms with Crippen LogP contribution >= 0.6 is 15.9 Å². The van der Waals surface area contributed by atoms with Crippen LogP contribution in [0, 0.1) is 0 Å². The Morgan fingerprint density at radius 1 is 1.05 bits per heavy atom. The van der Waals surface area contributed by atoms with Gasteiger partial charge in [0, 0.05) is 10.5 Å². The highest BCUT2D eigenvalue weighted by atomic mass is 79.9. The SMILES string of the molecule is CCCCc1ccc(C(Cc2cccc(Br)c2)NC)cc1. The molecule has 0 amide bonds. The summed E-state index contributed by atoms with van der Waals surface area (Å²) in [6.45, 7) is 2.24. The van der Waals surface area contributed by atoms with E-state index in [1.54, 1.807) is 0 Å². The Morgan fingerprint density at radius 2 is 1.81 bits per heavy atom. The molecule has 0 heterocycles. The molecule has 0 saturated carbocycles. The summed E-state index contributed by atoms with van der Waals surface area (Å²) in [5.41, 5.74) is 4.15. The molecule has 1 unspecified atom stereocenters. The van der Waals surface area contributed by atoms with Gasteiger partial charge in [0.25, 0.3) is 0 Å². The van der Waals surface area contributed by atoms with Crippen molar-refractivity contribution >= 4 is 15.9 Å². The van der Waals surface area contributed by atoms with Gasteiger partial charge in [-0.3, -0.25) is 0 Å². The van der Waals surface area contributed by atoms with Crippen LogP contribution in [0.2, 0.25) is 0 Å². The molecule has 0 spiro atoms. The fourth-order valence-electron chi connectivity index (χ4n) is 2.58. The lowest BCUT2D eigenvalue weighted by atomic mass is 9.97. The molecule has 2 aromatic carbocycles. The molecule has 0 aliphatic heterocycles. The highest BCUT2D eigenvalue weighted by Crippen LogP contribution is 2.21. The van der Waals surface area contributed by atoms with Crippen molar-refractivity contribution in [2.75, 3.05) is 7.05 Å². The minimum atomic E-state index is 0.361. The summed E-state index contributed by atoms with van der Waals surface area (Å²) in [5.74, 6) is 0. The molecule has 2 rings (SSSR count). The molecule has 0 saturated heterocycles. The average Bonchev–Trinajstić information content (AvgIpc) is 2.51. The van der Waals surface area contributed by atoms with Gasteiger partial charge in [-0.05, 0) is 55.1 Å². The van der Waals surface area contributed by atoms with Crippen LogP contribution in [0.25, 0.3) is 0 Å². The van der Waals surface area contributed by atoms with E-state index in [1.165, 1.54) is 36.0 Å². The number of likely N-dealkylation sites (N-methyl/N-ethyl adjacent to an activating group) is 1. The summed E-state index contributed by atoms with van der Waals surface area (Å²) in [6, 6.07) is 18.0. The number of unbranched alkanes of at least 4 members (excludes halogenated alkanes) is 1. The minimum Gasteiger partial charge on any atom is -0.313 e. The monoisotopic (exact) mass is 345 g/mol. The molecule has 0 fully saturated rings. The van der Waals surface area contributed by atoms with Gasteiger partial charge in [-0.15, -0.1) is 0 Å². The fourth-order valence-corrected chi connectivity index (χ4v) is 3.03. The zero-order valence-corrected chi connectivity index (χ0v) is 14.5. The second kappa shape index (κ2) is 8.35. The molecule has 0 radical (unpaired) electrons. The highest BCUT2D eigenvalue weighted by molar-refractivity contribution is 9.10. The summed E-state index contributed by atoms with van der Waals surface area (Å²) in [7, 11) is 2.04. The lowest BCUT2D eigenvalue weighted by Gasteiger charge is -2.17. The molecule has 0 aliphatic carbocycles. The van der Waals surface area contributed by atoms with Crippen molar-refractivity contribution in [2.24, 2.45) is 0 Å². The van der Waals surface area contributed by atoms with E-state index in [0.29, 0.717) is 6.04 Å². The lowest BCUT2D eigenvalue weighted by Crippen LogP contribution is -2.18. The van der Waals surface area contributed by atoms with Crippen molar-refractivity contribution in [3.05, 3.63) is 69.7 Å². The first-order valence-corrected chi connectivity index (χ1v) is 8.52. The normalized spacial score (nSPS) is 12.3. The second-order valence-corrected chi connectivity index (χ2v) is 6.44. The number of benzene rings is 2. The molecule has 112 valence electrons. The van der Waals surface area contributed by atoms with Crippen molar-refractivity contribution in [3.8, 4) is 0 Å². The van der Waals surface area contributed by atoms with Gasteiger partial charge < -0.3 is 5.32 Å². The van der Waals surface area contributed by atoms with Crippen molar-refractivity contribution in [1.29, 1.82) is 0 Å². The summed E-state index contributed by atoms with van der Waals surface area (Å²) >= 11 is 3.54. The van der Waals surface area contributed by atoms with Gasteiger partial charge in [0.1, 0.15) is 0 Å². The Kier molecular flexibility index (Phi) is 6.47. The number of hydrogen-bond donors (Lipinski definition) is 1. The number of halogens is 1. The van der Waals surface area contributed by atoms with E-state index in [-0.39, 0.29) is 0 Å². The quantitative estimate of drug-likeness (QED) is 0.718. The molecule has 0 bridgehead atoms. The van der Waals surface area contributed by atoms with Crippen LogP contribution in [-0.4, -0.2) is 7.05 Å². The molecule has 21 heavy (non-hydrogen) atoms. The second-order valence-electron chi connectivity index (χ2n) is 5.52. The van der Waals surface area contributed by atoms with E-state index in [4.69, 9.17) is 0 Å². The molecule has 2 heteroatoms. The predicted octanol–water partition coefficient (Wildman–Crippen LogP) is 5.29. The van der Waals surface area contributed by atoms with Crippen LogP contribution in [0.4, 0.5) is 0 Å². The summed E-state index contributed by atoms with van der Waals surface area (Å²) in [6.07, 6.45) is 4.72. The molecular formula is C19H24BrN. The Balaban J connectivity index is 2.06. The zero-order chi connectivity index (χ0) is 15.1. The topological polar surface area (TPSA) is 12.0 Å². The third-order valence-electron chi connectivity index (χ3n) is 3.88. The number of aryl methyl sites for hydroxylation is 1. The lowest BCUT2D eigenvalue weighted by molar-refractivity contribution is 0.591. The Labute approximate surface area is 136 Å².